The normalized spacial score (nSPS) is 14.2. The Morgan fingerprint density at radius 2 is 2.00 bits per heavy atom. The summed E-state index contributed by atoms with van der Waals surface area (Å²) < 4.78 is 21.6. The molecular weight excluding hydrogens is 417 g/mol. The number of nitrogens with one attached hydrogen (secondary N) is 1. The van der Waals surface area contributed by atoms with E-state index in [0.29, 0.717) is 30.7 Å². The molecule has 2 aromatic carbocycles. The zero-order valence-corrected chi connectivity index (χ0v) is 17.7. The van der Waals surface area contributed by atoms with Gasteiger partial charge in [-0.3, -0.25) is 4.90 Å². The lowest BCUT2D eigenvalue weighted by Crippen LogP contribution is -2.25. The first kappa shape index (κ1) is 19.8. The molecule has 158 valence electrons. The van der Waals surface area contributed by atoms with E-state index in [1.54, 1.807) is 13.1 Å². The fourth-order valence-electron chi connectivity index (χ4n) is 3.95. The minimum Gasteiger partial charge on any atom is -0.490 e. The number of benzene rings is 2. The van der Waals surface area contributed by atoms with Gasteiger partial charge in [0.1, 0.15) is 18.2 Å². The molecule has 5 rings (SSSR count). The van der Waals surface area contributed by atoms with Crippen molar-refractivity contribution in [3.8, 4) is 11.4 Å². The first-order chi connectivity index (χ1) is 15.1. The average molecular weight is 438 g/mol. The Kier molecular flexibility index (Phi) is 5.21. The minimum atomic E-state index is -0.249. The van der Waals surface area contributed by atoms with Crippen molar-refractivity contribution in [2.24, 2.45) is 0 Å². The van der Waals surface area contributed by atoms with Crippen molar-refractivity contribution in [1.82, 2.24) is 19.4 Å². The van der Waals surface area contributed by atoms with Gasteiger partial charge < -0.3 is 14.6 Å². The monoisotopic (exact) mass is 437 g/mol. The second kappa shape index (κ2) is 8.17. The third kappa shape index (κ3) is 3.94. The predicted molar refractivity (Wildman–Crippen MR) is 119 cm³/mol. The highest BCUT2D eigenvalue weighted by Gasteiger charge is 2.20. The van der Waals surface area contributed by atoms with Crippen LogP contribution in [0.3, 0.4) is 0 Å². The standard InChI is InChI=1S/C23H21ClFN5O/c1-26-23-27-11-15(12-28-23)13-29-6-7-31-22-17(14-29)9-19(10-20(22)24)30-5-4-16-8-18(25)2-3-21(16)30/h2-5,8-12H,6-7,13-14H2,1H3,(H,26,27,28). The van der Waals surface area contributed by atoms with Gasteiger partial charge in [-0.2, -0.15) is 0 Å². The van der Waals surface area contributed by atoms with E-state index in [0.717, 1.165) is 40.0 Å². The number of aromatic nitrogens is 3. The summed E-state index contributed by atoms with van der Waals surface area (Å²) in [7, 11) is 1.80. The molecule has 0 fully saturated rings. The van der Waals surface area contributed by atoms with Crippen LogP contribution in [0, 0.1) is 5.82 Å². The predicted octanol–water partition coefficient (Wildman–Crippen LogP) is 4.65. The van der Waals surface area contributed by atoms with Gasteiger partial charge in [0, 0.05) is 67.5 Å². The van der Waals surface area contributed by atoms with Crippen LogP contribution in [0.25, 0.3) is 16.6 Å². The molecule has 8 heteroatoms. The zero-order chi connectivity index (χ0) is 21.4. The molecule has 1 aliphatic rings. The van der Waals surface area contributed by atoms with E-state index in [1.165, 1.54) is 12.1 Å². The van der Waals surface area contributed by atoms with Crippen molar-refractivity contribution in [2.45, 2.75) is 13.1 Å². The van der Waals surface area contributed by atoms with Crippen LogP contribution in [0.2, 0.25) is 5.02 Å². The van der Waals surface area contributed by atoms with Crippen molar-refractivity contribution < 1.29 is 9.13 Å². The van der Waals surface area contributed by atoms with Gasteiger partial charge in [0.2, 0.25) is 5.95 Å². The summed E-state index contributed by atoms with van der Waals surface area (Å²) in [6.45, 7) is 2.71. The van der Waals surface area contributed by atoms with Gasteiger partial charge in [0.05, 0.1) is 10.5 Å². The molecule has 0 spiro atoms. The number of nitrogens with zero attached hydrogens (tertiary/aromatic N) is 4. The van der Waals surface area contributed by atoms with Gasteiger partial charge in [0.15, 0.2) is 0 Å². The molecule has 1 N–H and O–H groups in total. The molecule has 1 aliphatic heterocycles. The van der Waals surface area contributed by atoms with E-state index in [2.05, 4.69) is 26.3 Å². The lowest BCUT2D eigenvalue weighted by molar-refractivity contribution is 0.219. The molecule has 0 saturated carbocycles. The molecule has 0 saturated heterocycles. The van der Waals surface area contributed by atoms with E-state index in [9.17, 15) is 4.39 Å². The van der Waals surface area contributed by atoms with Crippen molar-refractivity contribution in [1.29, 1.82) is 0 Å². The Labute approximate surface area is 184 Å². The Bertz CT molecular complexity index is 1240. The van der Waals surface area contributed by atoms with Gasteiger partial charge >= 0.3 is 0 Å². The molecule has 6 nitrogen and oxygen atoms in total. The molecule has 0 unspecified atom stereocenters. The summed E-state index contributed by atoms with van der Waals surface area (Å²) >= 11 is 6.61. The number of hydrogen-bond acceptors (Lipinski definition) is 5. The largest absolute Gasteiger partial charge is 0.490 e. The second-order valence-corrected chi connectivity index (χ2v) is 7.94. The van der Waals surface area contributed by atoms with E-state index in [-0.39, 0.29) is 5.82 Å². The zero-order valence-electron chi connectivity index (χ0n) is 17.0. The van der Waals surface area contributed by atoms with E-state index < -0.39 is 0 Å². The average Bonchev–Trinajstić information content (AvgIpc) is 3.07. The number of fused-ring (bicyclic) bond motifs is 2. The highest BCUT2D eigenvalue weighted by atomic mass is 35.5. The molecule has 0 amide bonds. The van der Waals surface area contributed by atoms with Crippen LogP contribution in [0.1, 0.15) is 11.1 Å². The van der Waals surface area contributed by atoms with Crippen LogP contribution in [-0.4, -0.2) is 39.6 Å². The summed E-state index contributed by atoms with van der Waals surface area (Å²) in [4.78, 5) is 10.9. The Morgan fingerprint density at radius 3 is 2.81 bits per heavy atom. The Morgan fingerprint density at radius 1 is 1.16 bits per heavy atom. The third-order valence-electron chi connectivity index (χ3n) is 5.42. The number of anilines is 1. The summed E-state index contributed by atoms with van der Waals surface area (Å²) in [5.41, 5.74) is 3.88. The number of hydrogen-bond donors (Lipinski definition) is 1. The van der Waals surface area contributed by atoms with Crippen molar-refractivity contribution in [2.75, 3.05) is 25.5 Å². The van der Waals surface area contributed by atoms with Crippen LogP contribution >= 0.6 is 11.6 Å². The molecule has 2 aromatic heterocycles. The highest BCUT2D eigenvalue weighted by Crippen LogP contribution is 2.35. The fourth-order valence-corrected chi connectivity index (χ4v) is 4.23. The fraction of sp³-hybridized carbons (Fsp3) is 0.217. The summed E-state index contributed by atoms with van der Waals surface area (Å²) in [6, 6.07) is 10.7. The number of halogens is 2. The third-order valence-corrected chi connectivity index (χ3v) is 5.70. The Hall–Kier alpha value is -3.16. The highest BCUT2D eigenvalue weighted by molar-refractivity contribution is 6.32. The quantitative estimate of drug-likeness (QED) is 0.503. The van der Waals surface area contributed by atoms with Crippen LogP contribution in [0.5, 0.6) is 5.75 Å². The molecular formula is C23H21ClFN5O. The van der Waals surface area contributed by atoms with Gasteiger partial charge in [-0.15, -0.1) is 0 Å². The molecule has 0 atom stereocenters. The van der Waals surface area contributed by atoms with E-state index in [1.807, 2.05) is 35.3 Å². The van der Waals surface area contributed by atoms with E-state index in [4.69, 9.17) is 16.3 Å². The van der Waals surface area contributed by atoms with Gasteiger partial charge in [0.25, 0.3) is 0 Å². The smallest absolute Gasteiger partial charge is 0.222 e. The molecule has 0 bridgehead atoms. The number of rotatable bonds is 4. The SMILES string of the molecule is CNc1ncc(CN2CCOc3c(Cl)cc(-n4ccc5cc(F)ccc54)cc3C2)cn1. The number of ether oxygens (including phenoxy) is 1. The molecule has 31 heavy (non-hydrogen) atoms. The maximum absolute atomic E-state index is 13.6. The second-order valence-electron chi connectivity index (χ2n) is 7.53. The van der Waals surface area contributed by atoms with Crippen LogP contribution in [-0.2, 0) is 13.1 Å². The van der Waals surface area contributed by atoms with Crippen LogP contribution in [0.4, 0.5) is 10.3 Å². The topological polar surface area (TPSA) is 55.2 Å². The van der Waals surface area contributed by atoms with Gasteiger partial charge in [-0.25, -0.2) is 14.4 Å². The molecule has 3 heterocycles. The van der Waals surface area contributed by atoms with Crippen molar-refractivity contribution in [3.05, 3.63) is 77.0 Å². The first-order valence-corrected chi connectivity index (χ1v) is 10.4. The molecule has 4 aromatic rings. The van der Waals surface area contributed by atoms with Crippen LogP contribution in [0.15, 0.2) is 55.0 Å². The van der Waals surface area contributed by atoms with Crippen molar-refractivity contribution >= 4 is 28.5 Å². The maximum Gasteiger partial charge on any atom is 0.222 e. The van der Waals surface area contributed by atoms with Gasteiger partial charge in [-0.05, 0) is 36.4 Å². The van der Waals surface area contributed by atoms with Gasteiger partial charge in [-0.1, -0.05) is 11.6 Å². The summed E-state index contributed by atoms with van der Waals surface area (Å²) in [6.07, 6.45) is 5.60. The minimum absolute atomic E-state index is 0.249. The van der Waals surface area contributed by atoms with E-state index >= 15 is 0 Å². The first-order valence-electron chi connectivity index (χ1n) is 10.0. The maximum atomic E-state index is 13.6. The molecule has 0 aliphatic carbocycles. The Balaban J connectivity index is 1.46. The lowest BCUT2D eigenvalue weighted by Gasteiger charge is -2.19. The van der Waals surface area contributed by atoms with Crippen molar-refractivity contribution in [3.63, 3.8) is 0 Å². The molecule has 0 radical (unpaired) electrons. The lowest BCUT2D eigenvalue weighted by atomic mass is 10.1. The summed E-state index contributed by atoms with van der Waals surface area (Å²) in [5, 5.41) is 4.34. The summed E-state index contributed by atoms with van der Waals surface area (Å²) in [5.74, 6) is 1.07. The van der Waals surface area contributed by atoms with Crippen LogP contribution < -0.4 is 10.1 Å².